The topological polar surface area (TPSA) is 64.1 Å². The van der Waals surface area contributed by atoms with E-state index in [4.69, 9.17) is 4.74 Å². The van der Waals surface area contributed by atoms with Crippen LogP contribution in [0.15, 0.2) is 12.4 Å². The van der Waals surface area contributed by atoms with Crippen molar-refractivity contribution in [3.8, 4) is 0 Å². The van der Waals surface area contributed by atoms with Gasteiger partial charge in [-0.3, -0.25) is 9.78 Å². The van der Waals surface area contributed by atoms with Gasteiger partial charge in [0.1, 0.15) is 5.69 Å². The Morgan fingerprint density at radius 1 is 1.50 bits per heavy atom. The molecule has 1 aromatic heterocycles. The monoisotopic (exact) mass is 223 g/mol. The number of hydrogen-bond donors (Lipinski definition) is 1. The van der Waals surface area contributed by atoms with E-state index in [2.05, 4.69) is 15.3 Å². The molecule has 0 saturated carbocycles. The van der Waals surface area contributed by atoms with E-state index in [0.29, 0.717) is 12.3 Å². The fourth-order valence-electron chi connectivity index (χ4n) is 1.23. The van der Waals surface area contributed by atoms with Crippen LogP contribution in [0.5, 0.6) is 0 Å². The summed E-state index contributed by atoms with van der Waals surface area (Å²) in [4.78, 5) is 19.8. The molecule has 0 aliphatic rings. The van der Waals surface area contributed by atoms with Crippen LogP contribution >= 0.6 is 0 Å². The Labute approximate surface area is 95.3 Å². The molecule has 1 atom stereocenters. The second-order valence-electron chi connectivity index (χ2n) is 3.58. The first kappa shape index (κ1) is 12.6. The standard InChI is InChI=1S/C11H17N3O2/c1-4-9(7-16-3)14-11(15)10-6-12-8(2)5-13-10/h5-6,9H,4,7H2,1-3H3,(H,14,15)/t9-/m1/s1. The van der Waals surface area contributed by atoms with E-state index in [1.807, 2.05) is 13.8 Å². The first-order chi connectivity index (χ1) is 7.67. The number of ether oxygens (including phenoxy) is 1. The highest BCUT2D eigenvalue weighted by Gasteiger charge is 2.12. The molecule has 5 heteroatoms. The fraction of sp³-hybridized carbons (Fsp3) is 0.545. The highest BCUT2D eigenvalue weighted by atomic mass is 16.5. The van der Waals surface area contributed by atoms with Crippen molar-refractivity contribution >= 4 is 5.91 Å². The molecule has 1 amide bonds. The third-order valence-electron chi connectivity index (χ3n) is 2.21. The van der Waals surface area contributed by atoms with Crippen LogP contribution in [0.4, 0.5) is 0 Å². The second kappa shape index (κ2) is 6.17. The highest BCUT2D eigenvalue weighted by molar-refractivity contribution is 5.92. The third-order valence-corrected chi connectivity index (χ3v) is 2.21. The molecule has 0 radical (unpaired) electrons. The Kier molecular flexibility index (Phi) is 4.85. The summed E-state index contributed by atoms with van der Waals surface area (Å²) in [6, 6.07) is 0.0144. The molecule has 1 N–H and O–H groups in total. The zero-order valence-corrected chi connectivity index (χ0v) is 9.86. The molecule has 1 aromatic rings. The summed E-state index contributed by atoms with van der Waals surface area (Å²) in [5, 5.41) is 2.84. The molecule has 88 valence electrons. The van der Waals surface area contributed by atoms with Crippen molar-refractivity contribution in [2.75, 3.05) is 13.7 Å². The summed E-state index contributed by atoms with van der Waals surface area (Å²) in [6.07, 6.45) is 3.87. The van der Waals surface area contributed by atoms with Gasteiger partial charge in [0, 0.05) is 13.3 Å². The van der Waals surface area contributed by atoms with E-state index in [-0.39, 0.29) is 11.9 Å². The summed E-state index contributed by atoms with van der Waals surface area (Å²) in [7, 11) is 1.61. The number of methoxy groups -OCH3 is 1. The third kappa shape index (κ3) is 3.58. The highest BCUT2D eigenvalue weighted by Crippen LogP contribution is 1.97. The first-order valence-electron chi connectivity index (χ1n) is 5.25. The Morgan fingerprint density at radius 3 is 2.75 bits per heavy atom. The summed E-state index contributed by atoms with van der Waals surface area (Å²) in [5.41, 5.74) is 1.13. The zero-order chi connectivity index (χ0) is 12.0. The lowest BCUT2D eigenvalue weighted by Crippen LogP contribution is -2.37. The molecule has 1 rings (SSSR count). The average molecular weight is 223 g/mol. The number of hydrogen-bond acceptors (Lipinski definition) is 4. The summed E-state index contributed by atoms with van der Waals surface area (Å²) >= 11 is 0. The van der Waals surface area contributed by atoms with Crippen molar-refractivity contribution in [2.45, 2.75) is 26.3 Å². The number of aromatic nitrogens is 2. The van der Waals surface area contributed by atoms with Crippen LogP contribution < -0.4 is 5.32 Å². The van der Waals surface area contributed by atoms with E-state index < -0.39 is 0 Å². The van der Waals surface area contributed by atoms with Crippen LogP contribution in [0.2, 0.25) is 0 Å². The van der Waals surface area contributed by atoms with Crippen molar-refractivity contribution in [2.24, 2.45) is 0 Å². The maximum atomic E-state index is 11.7. The van der Waals surface area contributed by atoms with Gasteiger partial charge in [-0.2, -0.15) is 0 Å². The van der Waals surface area contributed by atoms with E-state index >= 15 is 0 Å². The molecule has 0 unspecified atom stereocenters. The quantitative estimate of drug-likeness (QED) is 0.806. The lowest BCUT2D eigenvalue weighted by Gasteiger charge is -2.15. The Balaban J connectivity index is 2.60. The Morgan fingerprint density at radius 2 is 2.25 bits per heavy atom. The van der Waals surface area contributed by atoms with Crippen LogP contribution in [0, 0.1) is 6.92 Å². The van der Waals surface area contributed by atoms with Crippen LogP contribution in [0.1, 0.15) is 29.5 Å². The SMILES string of the molecule is CC[C@H](COC)NC(=O)c1cnc(C)cn1. The van der Waals surface area contributed by atoms with Crippen molar-refractivity contribution in [3.63, 3.8) is 0 Å². The minimum absolute atomic E-state index is 0.0144. The van der Waals surface area contributed by atoms with Gasteiger partial charge >= 0.3 is 0 Å². The van der Waals surface area contributed by atoms with Gasteiger partial charge in [0.15, 0.2) is 0 Å². The molecular formula is C11H17N3O2. The first-order valence-corrected chi connectivity index (χ1v) is 5.25. The van der Waals surface area contributed by atoms with Gasteiger partial charge in [-0.25, -0.2) is 4.98 Å². The number of carbonyl (C=O) groups is 1. The minimum Gasteiger partial charge on any atom is -0.383 e. The molecule has 0 aliphatic heterocycles. The van der Waals surface area contributed by atoms with E-state index in [0.717, 1.165) is 12.1 Å². The van der Waals surface area contributed by atoms with Crippen molar-refractivity contribution in [3.05, 3.63) is 23.8 Å². The smallest absolute Gasteiger partial charge is 0.271 e. The number of aryl methyl sites for hydroxylation is 1. The van der Waals surface area contributed by atoms with Crippen LogP contribution in [-0.4, -0.2) is 35.6 Å². The predicted octanol–water partition coefficient (Wildman–Crippen LogP) is 0.940. The Hall–Kier alpha value is -1.49. The normalized spacial score (nSPS) is 12.2. The summed E-state index contributed by atoms with van der Waals surface area (Å²) in [6.45, 7) is 4.32. The van der Waals surface area contributed by atoms with E-state index in [9.17, 15) is 4.79 Å². The summed E-state index contributed by atoms with van der Waals surface area (Å²) in [5.74, 6) is -0.212. The van der Waals surface area contributed by atoms with Crippen LogP contribution in [0.25, 0.3) is 0 Å². The number of amides is 1. The lowest BCUT2D eigenvalue weighted by atomic mass is 10.2. The molecule has 0 aliphatic carbocycles. The van der Waals surface area contributed by atoms with E-state index in [1.165, 1.54) is 6.20 Å². The van der Waals surface area contributed by atoms with Crippen molar-refractivity contribution in [1.82, 2.24) is 15.3 Å². The maximum absolute atomic E-state index is 11.7. The number of rotatable bonds is 5. The van der Waals surface area contributed by atoms with Gasteiger partial charge in [0.05, 0.1) is 24.5 Å². The predicted molar refractivity (Wildman–Crippen MR) is 60.2 cm³/mol. The van der Waals surface area contributed by atoms with Gasteiger partial charge in [0.25, 0.3) is 5.91 Å². The molecule has 0 fully saturated rings. The molecule has 0 spiro atoms. The lowest BCUT2D eigenvalue weighted by molar-refractivity contribution is 0.0889. The fourth-order valence-corrected chi connectivity index (χ4v) is 1.23. The number of nitrogens with one attached hydrogen (secondary N) is 1. The van der Waals surface area contributed by atoms with E-state index in [1.54, 1.807) is 13.3 Å². The largest absolute Gasteiger partial charge is 0.383 e. The van der Waals surface area contributed by atoms with Gasteiger partial charge in [-0.05, 0) is 13.3 Å². The molecule has 5 nitrogen and oxygen atoms in total. The molecule has 0 aromatic carbocycles. The number of carbonyl (C=O) groups excluding carboxylic acids is 1. The average Bonchev–Trinajstić information content (AvgIpc) is 2.29. The van der Waals surface area contributed by atoms with Gasteiger partial charge < -0.3 is 10.1 Å². The van der Waals surface area contributed by atoms with Gasteiger partial charge in [0.2, 0.25) is 0 Å². The van der Waals surface area contributed by atoms with Crippen molar-refractivity contribution in [1.29, 1.82) is 0 Å². The van der Waals surface area contributed by atoms with Crippen LogP contribution in [-0.2, 0) is 4.74 Å². The molecule has 16 heavy (non-hydrogen) atoms. The molecule has 0 saturated heterocycles. The molecule has 1 heterocycles. The van der Waals surface area contributed by atoms with Crippen LogP contribution in [0.3, 0.4) is 0 Å². The van der Waals surface area contributed by atoms with Crippen molar-refractivity contribution < 1.29 is 9.53 Å². The number of nitrogens with zero attached hydrogens (tertiary/aromatic N) is 2. The van der Waals surface area contributed by atoms with Gasteiger partial charge in [-0.15, -0.1) is 0 Å². The summed E-state index contributed by atoms with van der Waals surface area (Å²) < 4.78 is 5.00. The zero-order valence-electron chi connectivity index (χ0n) is 9.86. The Bertz CT molecular complexity index is 338. The second-order valence-corrected chi connectivity index (χ2v) is 3.58. The minimum atomic E-state index is -0.212. The molecular weight excluding hydrogens is 206 g/mol. The molecule has 0 bridgehead atoms. The van der Waals surface area contributed by atoms with Gasteiger partial charge in [-0.1, -0.05) is 6.92 Å². The maximum Gasteiger partial charge on any atom is 0.271 e.